The first-order valence-electron chi connectivity index (χ1n) is 4.96. The lowest BCUT2D eigenvalue weighted by atomic mass is 9.90. The molecular formula is C11H14O. The molecule has 5 unspecified atom stereocenters. The maximum absolute atomic E-state index is 11.4. The van der Waals surface area contributed by atoms with Crippen molar-refractivity contribution in [3.8, 4) is 0 Å². The molecule has 3 saturated carbocycles. The van der Waals surface area contributed by atoms with Gasteiger partial charge in [-0.1, -0.05) is 6.08 Å². The van der Waals surface area contributed by atoms with E-state index in [1.54, 1.807) is 0 Å². The third kappa shape index (κ3) is 0.634. The molecule has 1 nitrogen and oxygen atoms in total. The predicted molar refractivity (Wildman–Crippen MR) is 46.5 cm³/mol. The Morgan fingerprint density at radius 2 is 2.33 bits per heavy atom. The normalized spacial score (nSPS) is 54.0. The van der Waals surface area contributed by atoms with Gasteiger partial charge in [0.1, 0.15) is 5.78 Å². The number of hydrogen-bond donors (Lipinski definition) is 0. The van der Waals surface area contributed by atoms with E-state index in [9.17, 15) is 4.79 Å². The molecule has 0 aromatic heterocycles. The van der Waals surface area contributed by atoms with Crippen molar-refractivity contribution in [2.75, 3.05) is 0 Å². The van der Waals surface area contributed by atoms with Crippen LogP contribution in [0.2, 0.25) is 0 Å². The topological polar surface area (TPSA) is 17.1 Å². The van der Waals surface area contributed by atoms with E-state index in [2.05, 4.69) is 6.58 Å². The summed E-state index contributed by atoms with van der Waals surface area (Å²) in [5, 5.41) is 0. The second-order valence-electron chi connectivity index (χ2n) is 4.62. The Hall–Kier alpha value is -0.590. The van der Waals surface area contributed by atoms with E-state index in [4.69, 9.17) is 0 Å². The van der Waals surface area contributed by atoms with Crippen molar-refractivity contribution in [1.29, 1.82) is 0 Å². The lowest BCUT2D eigenvalue weighted by Gasteiger charge is -2.15. The number of ketones is 1. The number of Topliss-reactive ketones (excluding diaryl/α,β-unsaturated/α-hetero) is 1. The summed E-state index contributed by atoms with van der Waals surface area (Å²) in [5.41, 5.74) is 0. The largest absolute Gasteiger partial charge is 0.299 e. The molecule has 3 aliphatic carbocycles. The van der Waals surface area contributed by atoms with Crippen LogP contribution in [-0.2, 0) is 4.79 Å². The highest BCUT2D eigenvalue weighted by Gasteiger charge is 2.68. The Bertz CT molecular complexity index is 256. The van der Waals surface area contributed by atoms with E-state index in [-0.39, 0.29) is 0 Å². The van der Waals surface area contributed by atoms with Crippen LogP contribution in [-0.4, -0.2) is 5.78 Å². The first kappa shape index (κ1) is 6.88. The van der Waals surface area contributed by atoms with Gasteiger partial charge in [-0.15, -0.1) is 6.58 Å². The molecule has 1 heteroatoms. The first-order valence-corrected chi connectivity index (χ1v) is 4.96. The van der Waals surface area contributed by atoms with Crippen molar-refractivity contribution < 1.29 is 4.79 Å². The van der Waals surface area contributed by atoms with Crippen LogP contribution in [0, 0.1) is 29.6 Å². The molecule has 0 heterocycles. The van der Waals surface area contributed by atoms with E-state index in [1.165, 1.54) is 6.42 Å². The van der Waals surface area contributed by atoms with Gasteiger partial charge in [0.15, 0.2) is 0 Å². The Morgan fingerprint density at radius 1 is 1.50 bits per heavy atom. The third-order valence-electron chi connectivity index (χ3n) is 4.18. The summed E-state index contributed by atoms with van der Waals surface area (Å²) >= 11 is 0. The Morgan fingerprint density at radius 3 is 3.00 bits per heavy atom. The standard InChI is InChI=1S/C11H14O/c1-2-3-6-4-8-10-7(6)5-9(12)11(8)10/h2,6-8,10-11H,1,3-5H2. The smallest absolute Gasteiger partial charge is 0.136 e. The molecule has 3 fully saturated rings. The van der Waals surface area contributed by atoms with Gasteiger partial charge in [0.2, 0.25) is 0 Å². The minimum absolute atomic E-state index is 0.524. The van der Waals surface area contributed by atoms with Crippen molar-refractivity contribution in [2.45, 2.75) is 19.3 Å². The summed E-state index contributed by atoms with van der Waals surface area (Å²) in [6.07, 6.45) is 5.37. The van der Waals surface area contributed by atoms with Crippen LogP contribution in [0.3, 0.4) is 0 Å². The number of hydrogen-bond acceptors (Lipinski definition) is 1. The fourth-order valence-electron chi connectivity index (χ4n) is 3.74. The highest BCUT2D eigenvalue weighted by molar-refractivity contribution is 5.88. The molecule has 0 aromatic rings. The van der Waals surface area contributed by atoms with Gasteiger partial charge in [0.25, 0.3) is 0 Å². The zero-order chi connectivity index (χ0) is 8.29. The fraction of sp³-hybridized carbons (Fsp3) is 0.727. The predicted octanol–water partition coefficient (Wildman–Crippen LogP) is 2.03. The van der Waals surface area contributed by atoms with Crippen molar-refractivity contribution in [1.82, 2.24) is 0 Å². The van der Waals surface area contributed by atoms with Gasteiger partial charge in [0.05, 0.1) is 0 Å². The van der Waals surface area contributed by atoms with Gasteiger partial charge in [-0.3, -0.25) is 4.79 Å². The van der Waals surface area contributed by atoms with Crippen molar-refractivity contribution in [3.05, 3.63) is 12.7 Å². The minimum atomic E-state index is 0.524. The zero-order valence-corrected chi connectivity index (χ0v) is 7.20. The summed E-state index contributed by atoms with van der Waals surface area (Å²) < 4.78 is 0. The Kier molecular flexibility index (Phi) is 1.15. The molecule has 0 saturated heterocycles. The van der Waals surface area contributed by atoms with Crippen LogP contribution in [0.5, 0.6) is 0 Å². The number of carbonyl (C=O) groups is 1. The molecule has 3 aliphatic rings. The molecule has 0 spiro atoms. The summed E-state index contributed by atoms with van der Waals surface area (Å²) in [6, 6.07) is 0. The van der Waals surface area contributed by atoms with E-state index in [0.717, 1.165) is 36.5 Å². The Labute approximate surface area is 72.8 Å². The van der Waals surface area contributed by atoms with Gasteiger partial charge < -0.3 is 0 Å². The van der Waals surface area contributed by atoms with Crippen LogP contribution in [0.25, 0.3) is 0 Å². The second-order valence-corrected chi connectivity index (χ2v) is 4.62. The number of fused-ring (bicyclic) bond motifs is 1. The lowest BCUT2D eigenvalue weighted by Crippen LogP contribution is -2.08. The van der Waals surface area contributed by atoms with Gasteiger partial charge in [-0.2, -0.15) is 0 Å². The van der Waals surface area contributed by atoms with Crippen LogP contribution in [0.4, 0.5) is 0 Å². The number of rotatable bonds is 2. The van der Waals surface area contributed by atoms with Crippen molar-refractivity contribution >= 4 is 5.78 Å². The monoisotopic (exact) mass is 162 g/mol. The molecule has 0 aromatic carbocycles. The highest BCUT2D eigenvalue weighted by Crippen LogP contribution is 2.69. The number of carbonyl (C=O) groups excluding carboxylic acids is 1. The maximum atomic E-state index is 11.4. The maximum Gasteiger partial charge on any atom is 0.136 e. The summed E-state index contributed by atoms with van der Waals surface area (Å²) in [4.78, 5) is 11.4. The summed E-state index contributed by atoms with van der Waals surface area (Å²) in [7, 11) is 0. The molecule has 64 valence electrons. The molecule has 0 N–H and O–H groups in total. The molecule has 5 atom stereocenters. The van der Waals surface area contributed by atoms with Gasteiger partial charge in [0, 0.05) is 12.3 Å². The average Bonchev–Trinajstić information content (AvgIpc) is 2.54. The zero-order valence-electron chi connectivity index (χ0n) is 7.20. The number of allylic oxidation sites excluding steroid dienone is 1. The SMILES string of the molecule is C=CCC1CC2C3C(=O)CC1C23. The van der Waals surface area contributed by atoms with Gasteiger partial charge >= 0.3 is 0 Å². The molecule has 0 amide bonds. The van der Waals surface area contributed by atoms with Gasteiger partial charge in [-0.05, 0) is 36.5 Å². The molecule has 3 rings (SSSR count). The van der Waals surface area contributed by atoms with Crippen LogP contribution in [0.15, 0.2) is 12.7 Å². The fourth-order valence-corrected chi connectivity index (χ4v) is 3.74. The third-order valence-corrected chi connectivity index (χ3v) is 4.18. The minimum Gasteiger partial charge on any atom is -0.299 e. The quantitative estimate of drug-likeness (QED) is 0.568. The molecule has 12 heavy (non-hydrogen) atoms. The van der Waals surface area contributed by atoms with E-state index >= 15 is 0 Å². The molecule has 0 aliphatic heterocycles. The average molecular weight is 162 g/mol. The van der Waals surface area contributed by atoms with Crippen LogP contribution >= 0.6 is 0 Å². The van der Waals surface area contributed by atoms with Crippen molar-refractivity contribution in [2.24, 2.45) is 29.6 Å². The van der Waals surface area contributed by atoms with Crippen molar-refractivity contribution in [3.63, 3.8) is 0 Å². The lowest BCUT2D eigenvalue weighted by molar-refractivity contribution is -0.119. The van der Waals surface area contributed by atoms with Crippen LogP contribution < -0.4 is 0 Å². The summed E-state index contributed by atoms with van der Waals surface area (Å²) in [5.74, 6) is 4.28. The highest BCUT2D eigenvalue weighted by atomic mass is 16.1. The summed E-state index contributed by atoms with van der Waals surface area (Å²) in [6.45, 7) is 3.78. The molecular weight excluding hydrogens is 148 g/mol. The van der Waals surface area contributed by atoms with Crippen LogP contribution in [0.1, 0.15) is 19.3 Å². The molecule has 0 radical (unpaired) electrons. The first-order chi connectivity index (χ1) is 5.83. The molecule has 0 bridgehead atoms. The van der Waals surface area contributed by atoms with E-state index in [0.29, 0.717) is 11.7 Å². The Balaban J connectivity index is 1.82. The van der Waals surface area contributed by atoms with Gasteiger partial charge in [-0.25, -0.2) is 0 Å². The van der Waals surface area contributed by atoms with E-state index in [1.807, 2.05) is 6.08 Å². The second kappa shape index (κ2) is 2.01. The van der Waals surface area contributed by atoms with E-state index < -0.39 is 0 Å².